The Bertz CT molecular complexity index is 1430. The molecular weight excluding hydrogens is 862 g/mol. The van der Waals surface area contributed by atoms with Gasteiger partial charge in [0.05, 0.1) is 19.8 Å². The minimum atomic E-state index is -4.63. The van der Waals surface area contributed by atoms with E-state index in [9.17, 15) is 19.0 Å². The lowest BCUT2D eigenvalue weighted by Crippen LogP contribution is -2.34. The van der Waals surface area contributed by atoms with Gasteiger partial charge in [-0.05, 0) is 89.9 Å². The van der Waals surface area contributed by atoms with Crippen LogP contribution in [0, 0.1) is 0 Å². The summed E-state index contributed by atoms with van der Waals surface area (Å²) in [6.07, 6.45) is 67.5. The highest BCUT2D eigenvalue weighted by molar-refractivity contribution is 7.47. The van der Waals surface area contributed by atoms with Gasteiger partial charge in [0.15, 0.2) is 0 Å². The summed E-state index contributed by atoms with van der Waals surface area (Å²) in [4.78, 5) is 33.7. The third-order valence-corrected chi connectivity index (χ3v) is 11.8. The summed E-state index contributed by atoms with van der Waals surface area (Å²) in [6, 6.07) is -1.48. The highest BCUT2D eigenvalue weighted by Gasteiger charge is 2.27. The molecule has 11 heteroatoms. The van der Waals surface area contributed by atoms with Crippen LogP contribution in [0.4, 0.5) is 0 Å². The quantitative estimate of drug-likeness (QED) is 0.0232. The maximum Gasteiger partial charge on any atom is 0.472 e. The van der Waals surface area contributed by atoms with Crippen LogP contribution in [0.15, 0.2) is 97.2 Å². The third-order valence-electron chi connectivity index (χ3n) is 10.9. The molecule has 4 N–H and O–H groups in total. The van der Waals surface area contributed by atoms with Crippen molar-refractivity contribution in [2.24, 2.45) is 5.73 Å². The number of carboxylic acids is 1. The summed E-state index contributed by atoms with van der Waals surface area (Å²) in [5.41, 5.74) is 5.38. The molecule has 67 heavy (non-hydrogen) atoms. The zero-order valence-electron chi connectivity index (χ0n) is 42.2. The number of nitrogens with two attached hydrogens (primary N) is 1. The Morgan fingerprint density at radius 2 is 0.821 bits per heavy atom. The van der Waals surface area contributed by atoms with Gasteiger partial charge in [0.1, 0.15) is 12.1 Å². The van der Waals surface area contributed by atoms with Crippen LogP contribution in [0.3, 0.4) is 0 Å². The molecule has 0 aromatic carbocycles. The predicted octanol–water partition coefficient (Wildman–Crippen LogP) is 15.7. The summed E-state index contributed by atoms with van der Waals surface area (Å²) in [7, 11) is -4.63. The standard InChI is InChI=1S/C56H96NO9P/c1-3-5-7-9-11-13-15-17-19-21-23-25-26-27-29-31-33-35-37-39-41-43-45-47-49-63-50-53(51-64-67(61,62)65-52-54(57)56(59)60)66-55(58)48-46-44-42-40-38-36-34-32-30-28-24-22-20-18-16-14-12-10-8-6-4-2/h5-8,11-14,17-20,23-25,28,53-54H,3-4,9-10,15-16,21-22,26-27,29-52,57H2,1-2H3,(H,59,60)(H,61,62)/b7-5-,8-6-,13-11-,14-12-,19-17-,20-18-,25-23-,28-24-. The molecule has 3 unspecified atom stereocenters. The average Bonchev–Trinajstić information content (AvgIpc) is 3.31. The molecule has 0 amide bonds. The third kappa shape index (κ3) is 50.6. The molecule has 0 fully saturated rings. The van der Waals surface area contributed by atoms with E-state index in [0.717, 1.165) is 96.3 Å². The smallest absolute Gasteiger partial charge is 0.472 e. The summed E-state index contributed by atoms with van der Waals surface area (Å²) in [5.74, 6) is -1.79. The number of carbonyl (C=O) groups is 2. The van der Waals surface area contributed by atoms with E-state index in [2.05, 4.69) is 111 Å². The summed E-state index contributed by atoms with van der Waals surface area (Å²) in [6.45, 7) is 3.64. The Morgan fingerprint density at radius 3 is 1.22 bits per heavy atom. The minimum absolute atomic E-state index is 0.00606. The fraction of sp³-hybridized carbons (Fsp3) is 0.679. The van der Waals surface area contributed by atoms with Gasteiger partial charge in [-0.25, -0.2) is 4.57 Å². The highest BCUT2D eigenvalue weighted by Crippen LogP contribution is 2.43. The Kier molecular flexibility index (Phi) is 48.4. The minimum Gasteiger partial charge on any atom is -0.480 e. The van der Waals surface area contributed by atoms with Crippen molar-refractivity contribution in [3.8, 4) is 0 Å². The van der Waals surface area contributed by atoms with E-state index >= 15 is 0 Å². The second kappa shape index (κ2) is 50.8. The molecular formula is C56H96NO9P. The van der Waals surface area contributed by atoms with Crippen LogP contribution in [0.1, 0.15) is 206 Å². The van der Waals surface area contributed by atoms with Gasteiger partial charge in [0.25, 0.3) is 0 Å². The number of esters is 1. The van der Waals surface area contributed by atoms with Crippen molar-refractivity contribution in [2.45, 2.75) is 219 Å². The van der Waals surface area contributed by atoms with Crippen LogP contribution >= 0.6 is 7.82 Å². The predicted molar refractivity (Wildman–Crippen MR) is 281 cm³/mol. The second-order valence-corrected chi connectivity index (χ2v) is 18.7. The summed E-state index contributed by atoms with van der Waals surface area (Å²) < 4.78 is 33.5. The van der Waals surface area contributed by atoms with Crippen LogP contribution in [0.2, 0.25) is 0 Å². The topological polar surface area (TPSA) is 155 Å². The number of unbranched alkanes of at least 4 members (excludes halogenated alkanes) is 19. The Balaban J connectivity index is 4.16. The van der Waals surface area contributed by atoms with Crippen molar-refractivity contribution >= 4 is 19.8 Å². The first-order chi connectivity index (χ1) is 32.7. The Labute approximate surface area is 409 Å². The molecule has 0 heterocycles. The molecule has 0 radical (unpaired) electrons. The molecule has 0 aromatic rings. The number of phosphoric acid groups is 1. The van der Waals surface area contributed by atoms with Crippen molar-refractivity contribution in [3.63, 3.8) is 0 Å². The molecule has 0 bridgehead atoms. The van der Waals surface area contributed by atoms with Crippen molar-refractivity contribution in [3.05, 3.63) is 97.2 Å². The lowest BCUT2D eigenvalue weighted by Gasteiger charge is -2.20. The molecule has 0 aliphatic heterocycles. The van der Waals surface area contributed by atoms with E-state index in [0.29, 0.717) is 13.0 Å². The molecule has 0 spiro atoms. The second-order valence-electron chi connectivity index (χ2n) is 17.2. The first-order valence-electron chi connectivity index (χ1n) is 26.3. The lowest BCUT2D eigenvalue weighted by atomic mass is 10.1. The van der Waals surface area contributed by atoms with Crippen molar-refractivity contribution in [1.29, 1.82) is 0 Å². The van der Waals surface area contributed by atoms with Gasteiger partial charge in [-0.2, -0.15) is 0 Å². The fourth-order valence-corrected chi connectivity index (χ4v) is 7.66. The maximum atomic E-state index is 12.7. The van der Waals surface area contributed by atoms with Gasteiger partial charge in [0.2, 0.25) is 0 Å². The SMILES string of the molecule is CC/C=C\C/C=C\C/C=C\C/C=C\CCCCCCCCCCCCCOCC(COP(=O)(O)OCC(N)C(=O)O)OC(=O)CCCCCCCCCC/C=C\C/C=C\C/C=C\C/C=C\CC. The molecule has 10 nitrogen and oxygen atoms in total. The summed E-state index contributed by atoms with van der Waals surface area (Å²) >= 11 is 0. The highest BCUT2D eigenvalue weighted by atomic mass is 31.2. The number of aliphatic carboxylic acids is 1. The van der Waals surface area contributed by atoms with Crippen molar-refractivity contribution in [1.82, 2.24) is 0 Å². The molecule has 0 aliphatic carbocycles. The molecule has 0 aliphatic rings. The molecule has 0 saturated carbocycles. The van der Waals surface area contributed by atoms with Crippen LogP contribution in [-0.2, 0) is 32.7 Å². The van der Waals surface area contributed by atoms with Gasteiger partial charge < -0.3 is 25.2 Å². The number of hydrogen-bond acceptors (Lipinski definition) is 8. The number of carboxylic acid groups (broad SMARTS) is 1. The van der Waals surface area contributed by atoms with Crippen LogP contribution in [0.25, 0.3) is 0 Å². The van der Waals surface area contributed by atoms with E-state index in [1.807, 2.05) is 0 Å². The molecule has 0 rings (SSSR count). The van der Waals surface area contributed by atoms with E-state index in [1.54, 1.807) is 0 Å². The number of carbonyl (C=O) groups excluding carboxylic acids is 1. The molecule has 0 saturated heterocycles. The lowest BCUT2D eigenvalue weighted by molar-refractivity contribution is -0.154. The van der Waals surface area contributed by atoms with Gasteiger partial charge >= 0.3 is 19.8 Å². The zero-order chi connectivity index (χ0) is 49.0. The van der Waals surface area contributed by atoms with Crippen molar-refractivity contribution in [2.75, 3.05) is 26.4 Å². The molecule has 0 aromatic heterocycles. The van der Waals surface area contributed by atoms with E-state index < -0.39 is 45.1 Å². The zero-order valence-corrected chi connectivity index (χ0v) is 43.1. The maximum absolute atomic E-state index is 12.7. The number of hydrogen-bond donors (Lipinski definition) is 3. The Morgan fingerprint density at radius 1 is 0.478 bits per heavy atom. The molecule has 384 valence electrons. The van der Waals surface area contributed by atoms with Crippen LogP contribution in [0.5, 0.6) is 0 Å². The van der Waals surface area contributed by atoms with E-state index in [4.69, 9.17) is 29.4 Å². The average molecular weight is 958 g/mol. The van der Waals surface area contributed by atoms with Gasteiger partial charge in [-0.1, -0.05) is 207 Å². The van der Waals surface area contributed by atoms with E-state index in [1.165, 1.54) is 83.5 Å². The van der Waals surface area contributed by atoms with Crippen LogP contribution in [-0.4, -0.2) is 60.5 Å². The monoisotopic (exact) mass is 958 g/mol. The number of phosphoric ester groups is 1. The normalized spacial score (nSPS) is 14.4. The molecule has 3 atom stereocenters. The van der Waals surface area contributed by atoms with E-state index in [-0.39, 0.29) is 13.0 Å². The number of rotatable bonds is 49. The van der Waals surface area contributed by atoms with Crippen molar-refractivity contribution < 1.29 is 42.7 Å². The van der Waals surface area contributed by atoms with Gasteiger partial charge in [-0.3, -0.25) is 18.6 Å². The largest absolute Gasteiger partial charge is 0.480 e. The number of allylic oxidation sites excluding steroid dienone is 16. The summed E-state index contributed by atoms with van der Waals surface area (Å²) in [5, 5.41) is 8.94. The first kappa shape index (κ1) is 63.9. The van der Waals surface area contributed by atoms with Gasteiger partial charge in [-0.15, -0.1) is 0 Å². The van der Waals surface area contributed by atoms with Gasteiger partial charge in [0, 0.05) is 13.0 Å². The Hall–Kier alpha value is -3.11. The number of ether oxygens (including phenoxy) is 2. The first-order valence-corrected chi connectivity index (χ1v) is 27.8. The van der Waals surface area contributed by atoms with Crippen LogP contribution < -0.4 is 5.73 Å². The fourth-order valence-electron chi connectivity index (χ4n) is 6.88.